The summed E-state index contributed by atoms with van der Waals surface area (Å²) in [6, 6.07) is 0. The number of unbranched alkanes of at least 4 members (excludes halogenated alkanes) is 2. The van der Waals surface area contributed by atoms with E-state index in [2.05, 4.69) is 13.0 Å². The number of ketones is 1. The minimum atomic E-state index is -0.960. The van der Waals surface area contributed by atoms with Gasteiger partial charge in [-0.1, -0.05) is 43.6 Å². The second kappa shape index (κ2) is 7.39. The first-order valence-electron chi connectivity index (χ1n) is 7.65. The lowest BCUT2D eigenvalue weighted by Gasteiger charge is -2.31. The van der Waals surface area contributed by atoms with E-state index in [4.69, 9.17) is 0 Å². The number of hydrogen-bond donors (Lipinski definition) is 1. The minimum absolute atomic E-state index is 0.0565. The summed E-state index contributed by atoms with van der Waals surface area (Å²) in [6.07, 6.45) is 9.92. The second-order valence-electron chi connectivity index (χ2n) is 6.02. The molecule has 0 saturated carbocycles. The highest BCUT2D eigenvalue weighted by Gasteiger charge is 2.41. The van der Waals surface area contributed by atoms with E-state index in [1.807, 2.05) is 19.1 Å². The molecule has 0 saturated heterocycles. The van der Waals surface area contributed by atoms with Crippen LogP contribution in [-0.2, 0) is 9.59 Å². The van der Waals surface area contributed by atoms with E-state index in [9.17, 15) is 14.7 Å². The Morgan fingerprint density at radius 1 is 1.43 bits per heavy atom. The largest absolute Gasteiger partial charge is 0.481 e. The Morgan fingerprint density at radius 3 is 2.67 bits per heavy atom. The predicted molar refractivity (Wildman–Crippen MR) is 85.1 cm³/mol. The number of carboxylic acid groups (broad SMARTS) is 1. The maximum atomic E-state index is 11.9. The van der Waals surface area contributed by atoms with Crippen molar-refractivity contribution < 1.29 is 14.7 Å². The van der Waals surface area contributed by atoms with E-state index in [0.717, 1.165) is 24.8 Å². The van der Waals surface area contributed by atoms with Crippen molar-refractivity contribution in [1.29, 1.82) is 0 Å². The molecule has 1 rings (SSSR count). The van der Waals surface area contributed by atoms with Crippen molar-refractivity contribution in [2.75, 3.05) is 0 Å². The minimum Gasteiger partial charge on any atom is -0.481 e. The number of rotatable bonds is 6. The molecule has 1 aliphatic rings. The fourth-order valence-electron chi connectivity index (χ4n) is 2.60. The summed E-state index contributed by atoms with van der Waals surface area (Å²) in [7, 11) is 0. The fourth-order valence-corrected chi connectivity index (χ4v) is 2.60. The molecule has 0 aromatic heterocycles. The van der Waals surface area contributed by atoms with Gasteiger partial charge in [0.2, 0.25) is 0 Å². The van der Waals surface area contributed by atoms with Crippen LogP contribution in [0.25, 0.3) is 0 Å². The molecule has 21 heavy (non-hydrogen) atoms. The van der Waals surface area contributed by atoms with Crippen LogP contribution in [0, 0.1) is 5.41 Å². The lowest BCUT2D eigenvalue weighted by atomic mass is 9.70. The molecule has 0 aromatic carbocycles. The van der Waals surface area contributed by atoms with Crippen LogP contribution in [0.4, 0.5) is 0 Å². The summed E-state index contributed by atoms with van der Waals surface area (Å²) >= 11 is 0. The molecule has 0 unspecified atom stereocenters. The smallest absolute Gasteiger partial charge is 0.313 e. The molecular formula is C18H26O3. The summed E-state index contributed by atoms with van der Waals surface area (Å²) in [6.45, 7) is 7.60. The average Bonchev–Trinajstić information content (AvgIpc) is 2.43. The summed E-state index contributed by atoms with van der Waals surface area (Å²) in [5.41, 5.74) is 1.38. The molecule has 0 heterocycles. The van der Waals surface area contributed by atoms with Crippen LogP contribution in [-0.4, -0.2) is 16.9 Å². The van der Waals surface area contributed by atoms with E-state index in [1.165, 1.54) is 0 Å². The van der Waals surface area contributed by atoms with Crippen LogP contribution < -0.4 is 0 Å². The van der Waals surface area contributed by atoms with E-state index >= 15 is 0 Å². The van der Waals surface area contributed by atoms with Gasteiger partial charge in [0.25, 0.3) is 0 Å². The zero-order valence-electron chi connectivity index (χ0n) is 13.5. The summed E-state index contributed by atoms with van der Waals surface area (Å²) in [5.74, 6) is -0.803. The Hall–Kier alpha value is -1.64. The lowest BCUT2D eigenvalue weighted by Crippen LogP contribution is -2.34. The number of carbonyl (C=O) groups excluding carboxylic acids is 1. The molecule has 0 radical (unpaired) electrons. The first-order valence-corrected chi connectivity index (χ1v) is 7.65. The molecule has 0 aliphatic heterocycles. The Bertz CT molecular complexity index is 509. The third-order valence-corrected chi connectivity index (χ3v) is 4.28. The molecule has 3 heteroatoms. The van der Waals surface area contributed by atoms with Gasteiger partial charge in [-0.3, -0.25) is 9.59 Å². The molecule has 1 N–H and O–H groups in total. The summed E-state index contributed by atoms with van der Waals surface area (Å²) in [4.78, 5) is 23.5. The fraction of sp³-hybridized carbons (Fsp3) is 0.556. The maximum absolute atomic E-state index is 11.9. The van der Waals surface area contributed by atoms with Crippen molar-refractivity contribution in [3.8, 4) is 0 Å². The third kappa shape index (κ3) is 4.16. The van der Waals surface area contributed by atoms with Crippen molar-refractivity contribution in [1.82, 2.24) is 0 Å². The highest BCUT2D eigenvalue weighted by molar-refractivity contribution is 6.00. The number of Topliss-reactive ketones (excluding diaryl/α,β-unsaturated/α-hetero) is 1. The molecule has 0 aromatic rings. The van der Waals surface area contributed by atoms with E-state index < -0.39 is 11.4 Å². The number of allylic oxidation sites excluding steroid dienone is 5. The third-order valence-electron chi connectivity index (χ3n) is 4.28. The zero-order chi connectivity index (χ0) is 16.0. The number of aliphatic carboxylic acids is 1. The van der Waals surface area contributed by atoms with Crippen molar-refractivity contribution in [3.05, 3.63) is 34.9 Å². The van der Waals surface area contributed by atoms with Gasteiger partial charge in [0.05, 0.1) is 5.41 Å². The van der Waals surface area contributed by atoms with Gasteiger partial charge in [-0.15, -0.1) is 0 Å². The monoisotopic (exact) mass is 290 g/mol. The second-order valence-corrected chi connectivity index (χ2v) is 6.02. The van der Waals surface area contributed by atoms with Crippen molar-refractivity contribution >= 4 is 11.8 Å². The van der Waals surface area contributed by atoms with Crippen molar-refractivity contribution in [2.24, 2.45) is 5.41 Å². The van der Waals surface area contributed by atoms with E-state index in [1.54, 1.807) is 13.8 Å². The topological polar surface area (TPSA) is 54.4 Å². The molecule has 0 spiro atoms. The average molecular weight is 290 g/mol. The molecular weight excluding hydrogens is 264 g/mol. The highest BCUT2D eigenvalue weighted by atomic mass is 16.4. The van der Waals surface area contributed by atoms with Crippen LogP contribution in [0.2, 0.25) is 0 Å². The van der Waals surface area contributed by atoms with Gasteiger partial charge in [0.1, 0.15) is 0 Å². The van der Waals surface area contributed by atoms with E-state index in [-0.39, 0.29) is 5.78 Å². The molecule has 116 valence electrons. The van der Waals surface area contributed by atoms with Gasteiger partial charge < -0.3 is 5.11 Å². The first kappa shape index (κ1) is 17.4. The molecule has 0 bridgehead atoms. The SMILES string of the molecule is CCCC/C=C(C)\C=C\C1=C(C)C(=O)CC[C@]1(C)C(=O)O. The van der Waals surface area contributed by atoms with E-state index in [0.29, 0.717) is 24.0 Å². The summed E-state index contributed by atoms with van der Waals surface area (Å²) in [5, 5.41) is 9.52. The maximum Gasteiger partial charge on any atom is 0.313 e. The Kier molecular flexibility index (Phi) is 6.13. The van der Waals surface area contributed by atoms with Crippen LogP contribution in [0.5, 0.6) is 0 Å². The van der Waals surface area contributed by atoms with Crippen LogP contribution >= 0.6 is 0 Å². The molecule has 0 fully saturated rings. The normalized spacial score (nSPS) is 24.0. The van der Waals surface area contributed by atoms with Gasteiger partial charge in [-0.25, -0.2) is 0 Å². The molecule has 3 nitrogen and oxygen atoms in total. The summed E-state index contributed by atoms with van der Waals surface area (Å²) < 4.78 is 0. The molecule has 1 atom stereocenters. The van der Waals surface area contributed by atoms with Crippen LogP contribution in [0.15, 0.2) is 34.9 Å². The Morgan fingerprint density at radius 2 is 2.10 bits per heavy atom. The zero-order valence-corrected chi connectivity index (χ0v) is 13.5. The van der Waals surface area contributed by atoms with Crippen molar-refractivity contribution in [3.63, 3.8) is 0 Å². The van der Waals surface area contributed by atoms with Gasteiger partial charge >= 0.3 is 5.97 Å². The number of hydrogen-bond acceptors (Lipinski definition) is 2. The highest BCUT2D eigenvalue weighted by Crippen LogP contribution is 2.40. The van der Waals surface area contributed by atoms with Crippen LogP contribution in [0.3, 0.4) is 0 Å². The standard InChI is InChI=1S/C18H26O3/c1-5-6-7-8-13(2)9-10-15-14(3)16(19)11-12-18(15,4)17(20)21/h8-10H,5-7,11-12H2,1-4H3,(H,20,21)/b10-9+,13-8-/t18-/m0/s1. The molecule has 1 aliphatic carbocycles. The Labute approximate surface area is 127 Å². The lowest BCUT2D eigenvalue weighted by molar-refractivity contribution is -0.146. The first-order chi connectivity index (χ1) is 9.82. The number of carbonyl (C=O) groups is 2. The Balaban J connectivity index is 3.05. The van der Waals surface area contributed by atoms with Gasteiger partial charge in [0, 0.05) is 6.42 Å². The number of carboxylic acids is 1. The van der Waals surface area contributed by atoms with Gasteiger partial charge in [-0.05, 0) is 44.8 Å². The van der Waals surface area contributed by atoms with Crippen molar-refractivity contribution in [2.45, 2.75) is 59.8 Å². The van der Waals surface area contributed by atoms with Crippen LogP contribution in [0.1, 0.15) is 59.8 Å². The van der Waals surface area contributed by atoms with Gasteiger partial charge in [0.15, 0.2) is 5.78 Å². The predicted octanol–water partition coefficient (Wildman–Crippen LogP) is 4.45. The quantitative estimate of drug-likeness (QED) is 0.581. The molecule has 0 amide bonds. The van der Waals surface area contributed by atoms with Gasteiger partial charge in [-0.2, -0.15) is 0 Å².